The number of nitriles is 1. The second kappa shape index (κ2) is 10.6. The Morgan fingerprint density at radius 1 is 1.22 bits per heavy atom. The SMILES string of the molecule is COc1cc(/C=C(\C#N)C(=O)Nc2ccc(O)cc2)cc(I)c1OCc1ccccc1F. The third-order valence-electron chi connectivity index (χ3n) is 4.38. The molecule has 162 valence electrons. The highest BCUT2D eigenvalue weighted by Crippen LogP contribution is 2.35. The van der Waals surface area contributed by atoms with Crippen molar-refractivity contribution in [1.29, 1.82) is 5.26 Å². The average molecular weight is 544 g/mol. The highest BCUT2D eigenvalue weighted by atomic mass is 127. The zero-order valence-corrected chi connectivity index (χ0v) is 19.1. The van der Waals surface area contributed by atoms with E-state index in [1.165, 1.54) is 43.5 Å². The van der Waals surface area contributed by atoms with Crippen molar-refractivity contribution in [1.82, 2.24) is 0 Å². The van der Waals surface area contributed by atoms with Gasteiger partial charge in [0, 0.05) is 11.3 Å². The predicted octanol–water partition coefficient (Wildman–Crippen LogP) is 5.27. The molecule has 0 aliphatic rings. The Kier molecular flexibility index (Phi) is 7.68. The Labute approximate surface area is 198 Å². The normalized spacial score (nSPS) is 10.9. The van der Waals surface area contributed by atoms with Crippen LogP contribution in [0.4, 0.5) is 10.1 Å². The van der Waals surface area contributed by atoms with Crippen molar-refractivity contribution in [2.24, 2.45) is 0 Å². The van der Waals surface area contributed by atoms with Gasteiger partial charge in [-0.05, 0) is 76.7 Å². The van der Waals surface area contributed by atoms with Crippen LogP contribution in [0.15, 0.2) is 66.2 Å². The minimum atomic E-state index is -0.591. The van der Waals surface area contributed by atoms with E-state index in [2.05, 4.69) is 5.32 Å². The molecule has 1 amide bonds. The molecule has 0 spiro atoms. The fourth-order valence-electron chi connectivity index (χ4n) is 2.79. The number of phenols is 1. The van der Waals surface area contributed by atoms with E-state index in [1.54, 1.807) is 30.3 Å². The molecule has 8 heteroatoms. The van der Waals surface area contributed by atoms with Crippen molar-refractivity contribution in [3.05, 3.63) is 86.8 Å². The van der Waals surface area contributed by atoms with E-state index in [1.807, 2.05) is 28.7 Å². The summed E-state index contributed by atoms with van der Waals surface area (Å²) in [7, 11) is 1.47. The van der Waals surface area contributed by atoms with E-state index in [0.29, 0.717) is 31.9 Å². The molecule has 3 aromatic carbocycles. The summed E-state index contributed by atoms with van der Waals surface area (Å²) in [5.41, 5.74) is 1.29. The van der Waals surface area contributed by atoms with Crippen LogP contribution < -0.4 is 14.8 Å². The van der Waals surface area contributed by atoms with Crippen LogP contribution in [0.25, 0.3) is 6.08 Å². The number of carbonyl (C=O) groups is 1. The summed E-state index contributed by atoms with van der Waals surface area (Å²) < 4.78 is 25.7. The topological polar surface area (TPSA) is 91.6 Å². The minimum absolute atomic E-state index is 0.0205. The third kappa shape index (κ3) is 5.76. The quantitative estimate of drug-likeness (QED) is 0.183. The zero-order chi connectivity index (χ0) is 23.1. The maximum absolute atomic E-state index is 13.9. The molecular weight excluding hydrogens is 526 g/mol. The van der Waals surface area contributed by atoms with Gasteiger partial charge in [-0.3, -0.25) is 4.79 Å². The molecule has 0 unspecified atom stereocenters. The molecule has 0 saturated carbocycles. The van der Waals surface area contributed by atoms with E-state index in [-0.39, 0.29) is 23.7 Å². The van der Waals surface area contributed by atoms with Gasteiger partial charge in [0.1, 0.15) is 29.8 Å². The number of halogens is 2. The number of aromatic hydroxyl groups is 1. The molecule has 0 bridgehead atoms. The van der Waals surface area contributed by atoms with Crippen molar-refractivity contribution in [2.45, 2.75) is 6.61 Å². The first kappa shape index (κ1) is 23.1. The Morgan fingerprint density at radius 2 is 1.94 bits per heavy atom. The Morgan fingerprint density at radius 3 is 2.59 bits per heavy atom. The van der Waals surface area contributed by atoms with E-state index in [9.17, 15) is 19.6 Å². The maximum atomic E-state index is 13.9. The number of methoxy groups -OCH3 is 1. The molecule has 0 fully saturated rings. The van der Waals surface area contributed by atoms with E-state index >= 15 is 0 Å². The number of hydrogen-bond acceptors (Lipinski definition) is 5. The Hall–Kier alpha value is -3.58. The molecule has 3 rings (SSSR count). The van der Waals surface area contributed by atoms with Crippen LogP contribution >= 0.6 is 22.6 Å². The van der Waals surface area contributed by atoms with Gasteiger partial charge in [0.25, 0.3) is 5.91 Å². The number of ether oxygens (including phenoxy) is 2. The first-order chi connectivity index (χ1) is 15.4. The summed E-state index contributed by atoms with van der Waals surface area (Å²) in [6, 6.07) is 17.5. The van der Waals surface area contributed by atoms with Crippen LogP contribution in [0.5, 0.6) is 17.2 Å². The van der Waals surface area contributed by atoms with Gasteiger partial charge < -0.3 is 19.9 Å². The van der Waals surface area contributed by atoms with Crippen LogP contribution in [0, 0.1) is 20.7 Å². The van der Waals surface area contributed by atoms with Gasteiger partial charge >= 0.3 is 0 Å². The monoisotopic (exact) mass is 544 g/mol. The van der Waals surface area contributed by atoms with Crippen LogP contribution in [-0.4, -0.2) is 18.1 Å². The molecule has 0 heterocycles. The lowest BCUT2D eigenvalue weighted by atomic mass is 10.1. The van der Waals surface area contributed by atoms with Crippen LogP contribution in [0.2, 0.25) is 0 Å². The first-order valence-corrected chi connectivity index (χ1v) is 10.4. The molecule has 3 aromatic rings. The molecule has 0 aliphatic heterocycles. The molecule has 2 N–H and O–H groups in total. The number of anilines is 1. The second-order valence-electron chi connectivity index (χ2n) is 6.59. The fraction of sp³-hybridized carbons (Fsp3) is 0.0833. The number of amides is 1. The first-order valence-electron chi connectivity index (χ1n) is 9.37. The summed E-state index contributed by atoms with van der Waals surface area (Å²) in [6.07, 6.45) is 1.43. The second-order valence-corrected chi connectivity index (χ2v) is 7.75. The van der Waals surface area contributed by atoms with Crippen molar-refractivity contribution >= 4 is 40.3 Å². The maximum Gasteiger partial charge on any atom is 0.266 e. The molecule has 6 nitrogen and oxygen atoms in total. The standard InChI is InChI=1S/C24H18FIN2O4/c1-31-22-12-15(10-17(13-27)24(30)28-18-6-8-19(29)9-7-18)11-21(26)23(22)32-14-16-4-2-3-5-20(16)25/h2-12,29H,14H2,1H3,(H,28,30)/b17-10+. The molecule has 32 heavy (non-hydrogen) atoms. The smallest absolute Gasteiger partial charge is 0.266 e. The number of benzene rings is 3. The van der Waals surface area contributed by atoms with Crippen molar-refractivity contribution in [3.63, 3.8) is 0 Å². The van der Waals surface area contributed by atoms with Crippen LogP contribution in [0.3, 0.4) is 0 Å². The lowest BCUT2D eigenvalue weighted by Gasteiger charge is -2.14. The van der Waals surface area contributed by atoms with Crippen molar-refractivity contribution in [3.8, 4) is 23.3 Å². The zero-order valence-electron chi connectivity index (χ0n) is 16.9. The number of nitrogens with one attached hydrogen (secondary N) is 1. The van der Waals surface area contributed by atoms with Gasteiger partial charge in [0.2, 0.25) is 0 Å². The minimum Gasteiger partial charge on any atom is -0.508 e. The molecule has 0 aromatic heterocycles. The van der Waals surface area contributed by atoms with Crippen molar-refractivity contribution in [2.75, 3.05) is 12.4 Å². The molecular formula is C24H18FIN2O4. The lowest BCUT2D eigenvalue weighted by molar-refractivity contribution is -0.112. The molecule has 0 aliphatic carbocycles. The van der Waals surface area contributed by atoms with E-state index in [0.717, 1.165) is 0 Å². The van der Waals surface area contributed by atoms with E-state index in [4.69, 9.17) is 9.47 Å². The number of hydrogen-bond donors (Lipinski definition) is 2. The number of nitrogens with zero attached hydrogens (tertiary/aromatic N) is 1. The number of rotatable bonds is 7. The van der Waals surface area contributed by atoms with Crippen molar-refractivity contribution < 1.29 is 23.8 Å². The van der Waals surface area contributed by atoms with Gasteiger partial charge in [-0.15, -0.1) is 0 Å². The average Bonchev–Trinajstić information content (AvgIpc) is 2.78. The molecule has 0 saturated heterocycles. The van der Waals surface area contributed by atoms with Crippen LogP contribution in [-0.2, 0) is 11.4 Å². The molecule has 0 atom stereocenters. The van der Waals surface area contributed by atoms with Gasteiger partial charge in [0.15, 0.2) is 11.5 Å². The van der Waals surface area contributed by atoms with Gasteiger partial charge in [-0.1, -0.05) is 18.2 Å². The van der Waals surface area contributed by atoms with Gasteiger partial charge in [-0.25, -0.2) is 4.39 Å². The summed E-state index contributed by atoms with van der Waals surface area (Å²) in [6.45, 7) is 0.0205. The Bertz CT molecular complexity index is 1200. The largest absolute Gasteiger partial charge is 0.508 e. The van der Waals surface area contributed by atoms with Gasteiger partial charge in [-0.2, -0.15) is 5.26 Å². The van der Waals surface area contributed by atoms with E-state index < -0.39 is 5.91 Å². The molecule has 0 radical (unpaired) electrons. The lowest BCUT2D eigenvalue weighted by Crippen LogP contribution is -2.13. The highest BCUT2D eigenvalue weighted by Gasteiger charge is 2.15. The van der Waals surface area contributed by atoms with Crippen LogP contribution in [0.1, 0.15) is 11.1 Å². The Balaban J connectivity index is 1.82. The predicted molar refractivity (Wildman–Crippen MR) is 127 cm³/mol. The highest BCUT2D eigenvalue weighted by molar-refractivity contribution is 14.1. The summed E-state index contributed by atoms with van der Waals surface area (Å²) in [4.78, 5) is 12.5. The fourth-order valence-corrected chi connectivity index (χ4v) is 3.57. The van der Waals surface area contributed by atoms with Gasteiger partial charge in [0.05, 0.1) is 10.7 Å². The third-order valence-corrected chi connectivity index (χ3v) is 5.18. The number of phenolic OH excluding ortho intramolecular Hbond substituents is 1. The summed E-state index contributed by atoms with van der Waals surface area (Å²) in [5, 5.41) is 21.4. The summed E-state index contributed by atoms with van der Waals surface area (Å²) >= 11 is 2.05. The number of carbonyl (C=O) groups excluding carboxylic acids is 1. The summed E-state index contributed by atoms with van der Waals surface area (Å²) in [5.74, 6) is -0.0688.